The first kappa shape index (κ1) is 15.7. The Morgan fingerprint density at radius 1 is 1.08 bits per heavy atom. The Morgan fingerprint density at radius 2 is 1.92 bits per heavy atom. The number of aliphatic hydroxyl groups is 2. The van der Waals surface area contributed by atoms with Gasteiger partial charge in [-0.1, -0.05) is 37.3 Å². The predicted octanol–water partition coefficient (Wildman–Crippen LogP) is 3.07. The number of fused-ring (bicyclic) bond motifs is 6. The van der Waals surface area contributed by atoms with Crippen LogP contribution in [0.5, 0.6) is 11.5 Å². The van der Waals surface area contributed by atoms with E-state index >= 15 is 0 Å². The lowest BCUT2D eigenvalue weighted by atomic mass is 9.56. The maximum absolute atomic E-state index is 10.7. The van der Waals surface area contributed by atoms with Crippen LogP contribution in [0.1, 0.15) is 12.5 Å². The van der Waals surface area contributed by atoms with E-state index in [0.717, 1.165) is 5.56 Å². The second-order valence-corrected chi connectivity index (χ2v) is 7.54. The largest absolute Gasteiger partial charge is 0.508 e. The van der Waals surface area contributed by atoms with Crippen molar-refractivity contribution in [3.63, 3.8) is 0 Å². The molecular weight excluding hydrogens is 332 g/mol. The molecule has 134 valence electrons. The first-order chi connectivity index (χ1) is 12.5. The minimum absolute atomic E-state index is 0.0937. The van der Waals surface area contributed by atoms with E-state index in [2.05, 4.69) is 13.0 Å². The summed E-state index contributed by atoms with van der Waals surface area (Å²) in [6, 6.07) is 4.98. The fourth-order valence-corrected chi connectivity index (χ4v) is 5.05. The number of rotatable bonds is 0. The topological polar surface area (TPSA) is 79.2 Å². The molecule has 1 spiro atoms. The molecular formula is C21H20O5. The highest BCUT2D eigenvalue weighted by molar-refractivity contribution is 5.52. The summed E-state index contributed by atoms with van der Waals surface area (Å²) in [7, 11) is 0. The Hall–Kier alpha value is -2.50. The van der Waals surface area contributed by atoms with Crippen LogP contribution in [-0.4, -0.2) is 27.7 Å². The molecule has 0 radical (unpaired) electrons. The van der Waals surface area contributed by atoms with Gasteiger partial charge in [0.2, 0.25) is 0 Å². The maximum Gasteiger partial charge on any atom is 0.163 e. The molecule has 2 aliphatic carbocycles. The Kier molecular flexibility index (Phi) is 3.04. The van der Waals surface area contributed by atoms with Gasteiger partial charge in [-0.05, 0) is 24.3 Å². The summed E-state index contributed by atoms with van der Waals surface area (Å²) in [6.45, 7) is 2.08. The van der Waals surface area contributed by atoms with Crippen molar-refractivity contribution in [2.24, 2.45) is 17.3 Å². The maximum atomic E-state index is 10.7. The molecule has 1 aromatic rings. The van der Waals surface area contributed by atoms with Gasteiger partial charge in [0.25, 0.3) is 0 Å². The third-order valence-corrected chi connectivity index (χ3v) is 6.24. The van der Waals surface area contributed by atoms with Gasteiger partial charge >= 0.3 is 0 Å². The quantitative estimate of drug-likeness (QED) is 0.669. The number of allylic oxidation sites excluding steroid dienone is 3. The SMILES string of the molecule is CC12C=CC=CC1C(O)OC21c2ccc(O)cc2OC2C=C(O)C=CC21. The molecule has 5 heteroatoms. The molecule has 0 amide bonds. The summed E-state index contributed by atoms with van der Waals surface area (Å²) < 4.78 is 12.4. The summed E-state index contributed by atoms with van der Waals surface area (Å²) in [5, 5.41) is 30.6. The summed E-state index contributed by atoms with van der Waals surface area (Å²) in [4.78, 5) is 0. The van der Waals surface area contributed by atoms with E-state index in [9.17, 15) is 15.3 Å². The van der Waals surface area contributed by atoms with Crippen molar-refractivity contribution in [3.8, 4) is 11.5 Å². The molecule has 5 nitrogen and oxygen atoms in total. The number of phenols is 1. The van der Waals surface area contributed by atoms with Gasteiger partial charge in [0.15, 0.2) is 6.29 Å². The number of hydrogen-bond donors (Lipinski definition) is 3. The summed E-state index contributed by atoms with van der Waals surface area (Å²) in [5.74, 6) is 0.278. The zero-order valence-corrected chi connectivity index (χ0v) is 14.2. The third kappa shape index (κ3) is 1.77. The fourth-order valence-electron chi connectivity index (χ4n) is 5.05. The number of aliphatic hydroxyl groups excluding tert-OH is 2. The smallest absolute Gasteiger partial charge is 0.163 e. The van der Waals surface area contributed by atoms with Gasteiger partial charge in [0.05, 0.1) is 5.92 Å². The van der Waals surface area contributed by atoms with Crippen LogP contribution in [-0.2, 0) is 10.3 Å². The Balaban J connectivity index is 1.80. The van der Waals surface area contributed by atoms with E-state index in [-0.39, 0.29) is 23.3 Å². The van der Waals surface area contributed by atoms with E-state index < -0.39 is 23.4 Å². The van der Waals surface area contributed by atoms with E-state index in [4.69, 9.17) is 9.47 Å². The molecule has 3 N–H and O–H groups in total. The number of benzene rings is 1. The van der Waals surface area contributed by atoms with Crippen LogP contribution in [0.15, 0.2) is 66.5 Å². The lowest BCUT2D eigenvalue weighted by molar-refractivity contribution is -0.190. The van der Waals surface area contributed by atoms with E-state index in [1.165, 1.54) is 0 Å². The standard InChI is InChI=1S/C21H20O5/c1-20-9-3-2-4-16(20)19(24)26-21(20)14-7-5-12(22)10-17(14)25-18-11-13(23)6-8-15(18)21/h2-11,14,16-17,19,22-24H,1H3. The monoisotopic (exact) mass is 352 g/mol. The molecule has 0 bridgehead atoms. The number of hydrogen-bond acceptors (Lipinski definition) is 5. The van der Waals surface area contributed by atoms with Crippen LogP contribution in [0.25, 0.3) is 0 Å². The van der Waals surface area contributed by atoms with Crippen molar-refractivity contribution < 1.29 is 24.8 Å². The Bertz CT molecular complexity index is 898. The highest BCUT2D eigenvalue weighted by Crippen LogP contribution is 2.65. The zero-order valence-electron chi connectivity index (χ0n) is 14.2. The van der Waals surface area contributed by atoms with Gasteiger partial charge < -0.3 is 24.8 Å². The average Bonchev–Trinajstić information content (AvgIpc) is 2.83. The molecule has 0 saturated carbocycles. The van der Waals surface area contributed by atoms with Crippen LogP contribution < -0.4 is 4.74 Å². The molecule has 1 aromatic carbocycles. The van der Waals surface area contributed by atoms with Gasteiger partial charge in [-0.3, -0.25) is 0 Å². The molecule has 6 unspecified atom stereocenters. The highest BCUT2D eigenvalue weighted by atomic mass is 16.6. The van der Waals surface area contributed by atoms with Gasteiger partial charge in [0, 0.05) is 23.0 Å². The number of aromatic hydroxyl groups is 1. The molecule has 5 rings (SSSR count). The predicted molar refractivity (Wildman–Crippen MR) is 94.5 cm³/mol. The fraction of sp³-hybridized carbons (Fsp3) is 0.333. The summed E-state index contributed by atoms with van der Waals surface area (Å²) >= 11 is 0. The van der Waals surface area contributed by atoms with Crippen molar-refractivity contribution in [2.75, 3.05) is 0 Å². The van der Waals surface area contributed by atoms with Gasteiger partial charge in [0.1, 0.15) is 29.0 Å². The third-order valence-electron chi connectivity index (χ3n) is 6.24. The molecule has 6 atom stereocenters. The molecule has 4 aliphatic rings. The number of phenolic OH excluding ortho intramolecular Hbond substituents is 1. The van der Waals surface area contributed by atoms with Crippen molar-refractivity contribution >= 4 is 0 Å². The van der Waals surface area contributed by atoms with Gasteiger partial charge in [-0.2, -0.15) is 0 Å². The van der Waals surface area contributed by atoms with Crippen LogP contribution in [0.4, 0.5) is 0 Å². The minimum atomic E-state index is -0.963. The Labute approximate surface area is 151 Å². The van der Waals surface area contributed by atoms with Crippen LogP contribution in [0.2, 0.25) is 0 Å². The van der Waals surface area contributed by atoms with Crippen molar-refractivity contribution in [3.05, 3.63) is 72.1 Å². The van der Waals surface area contributed by atoms with Crippen molar-refractivity contribution in [2.45, 2.75) is 24.9 Å². The highest BCUT2D eigenvalue weighted by Gasteiger charge is 2.68. The lowest BCUT2D eigenvalue weighted by Gasteiger charge is -2.52. The first-order valence-corrected chi connectivity index (χ1v) is 8.77. The van der Waals surface area contributed by atoms with E-state index in [1.54, 1.807) is 30.4 Å². The Morgan fingerprint density at radius 3 is 2.77 bits per heavy atom. The summed E-state index contributed by atoms with van der Waals surface area (Å²) in [6.07, 6.45) is 11.7. The summed E-state index contributed by atoms with van der Waals surface area (Å²) in [5.41, 5.74) is -0.622. The van der Waals surface area contributed by atoms with Crippen LogP contribution in [0.3, 0.4) is 0 Å². The van der Waals surface area contributed by atoms with Gasteiger partial charge in [-0.15, -0.1) is 0 Å². The lowest BCUT2D eigenvalue weighted by Crippen LogP contribution is -2.55. The van der Waals surface area contributed by atoms with Crippen LogP contribution >= 0.6 is 0 Å². The number of ether oxygens (including phenoxy) is 2. The second-order valence-electron chi connectivity index (χ2n) is 7.54. The van der Waals surface area contributed by atoms with Crippen molar-refractivity contribution in [1.29, 1.82) is 0 Å². The van der Waals surface area contributed by atoms with Crippen molar-refractivity contribution in [1.82, 2.24) is 0 Å². The van der Waals surface area contributed by atoms with E-state index in [1.807, 2.05) is 24.3 Å². The normalized spacial score (nSPS) is 42.0. The van der Waals surface area contributed by atoms with E-state index in [0.29, 0.717) is 5.75 Å². The average molecular weight is 352 g/mol. The molecule has 0 aromatic heterocycles. The second kappa shape index (κ2) is 5.02. The minimum Gasteiger partial charge on any atom is -0.508 e. The first-order valence-electron chi connectivity index (χ1n) is 8.77. The molecule has 26 heavy (non-hydrogen) atoms. The molecule has 2 heterocycles. The zero-order chi connectivity index (χ0) is 18.1. The molecule has 2 aliphatic heterocycles. The van der Waals surface area contributed by atoms with Gasteiger partial charge in [-0.25, -0.2) is 0 Å². The molecule has 1 fully saturated rings. The van der Waals surface area contributed by atoms with Crippen LogP contribution in [0, 0.1) is 17.3 Å². The molecule has 1 saturated heterocycles.